The Bertz CT molecular complexity index is 635. The number of nitrogens with zero attached hydrogens (tertiary/aromatic N) is 2. The van der Waals surface area contributed by atoms with Gasteiger partial charge in [0.15, 0.2) is 0 Å². The SMILES string of the molecule is Cn1cccc1C(CNC(=O)NCc1cccs1)N1CCOCC1. The highest BCUT2D eigenvalue weighted by molar-refractivity contribution is 7.09. The Labute approximate surface area is 146 Å². The van der Waals surface area contributed by atoms with Crippen LogP contribution in [0.4, 0.5) is 4.79 Å². The fraction of sp³-hybridized carbons (Fsp3) is 0.471. The zero-order valence-electron chi connectivity index (χ0n) is 13.9. The summed E-state index contributed by atoms with van der Waals surface area (Å²) >= 11 is 1.64. The average molecular weight is 348 g/mol. The first-order chi connectivity index (χ1) is 11.7. The third kappa shape index (κ3) is 4.37. The van der Waals surface area contributed by atoms with Gasteiger partial charge in [-0.25, -0.2) is 4.79 Å². The lowest BCUT2D eigenvalue weighted by molar-refractivity contribution is 0.0153. The summed E-state index contributed by atoms with van der Waals surface area (Å²) in [5, 5.41) is 7.94. The third-order valence-electron chi connectivity index (χ3n) is 4.27. The molecule has 1 atom stereocenters. The molecule has 0 aliphatic carbocycles. The van der Waals surface area contributed by atoms with Crippen molar-refractivity contribution < 1.29 is 9.53 Å². The molecule has 0 radical (unpaired) electrons. The average Bonchev–Trinajstić information content (AvgIpc) is 3.26. The molecule has 0 saturated carbocycles. The molecule has 1 aliphatic rings. The summed E-state index contributed by atoms with van der Waals surface area (Å²) in [6, 6.07) is 8.19. The highest BCUT2D eigenvalue weighted by Gasteiger charge is 2.24. The molecule has 1 unspecified atom stereocenters. The predicted octanol–water partition coefficient (Wildman–Crippen LogP) is 1.96. The summed E-state index contributed by atoms with van der Waals surface area (Å²) in [5.41, 5.74) is 1.20. The minimum Gasteiger partial charge on any atom is -0.379 e. The Morgan fingerprint density at radius 1 is 1.29 bits per heavy atom. The number of thiophene rings is 1. The number of hydrogen-bond donors (Lipinski definition) is 2. The number of carbonyl (C=O) groups is 1. The van der Waals surface area contributed by atoms with Gasteiger partial charge in [-0.05, 0) is 23.6 Å². The first kappa shape index (κ1) is 17.0. The van der Waals surface area contributed by atoms with Gasteiger partial charge in [0.2, 0.25) is 0 Å². The number of aryl methyl sites for hydroxylation is 1. The van der Waals surface area contributed by atoms with E-state index in [0.29, 0.717) is 13.1 Å². The van der Waals surface area contributed by atoms with Crippen LogP contribution >= 0.6 is 11.3 Å². The standard InChI is InChI=1S/C17H24N4O2S/c1-20-6-2-5-15(20)16(21-7-9-23-10-8-21)13-19-17(22)18-12-14-4-3-11-24-14/h2-6,11,16H,7-10,12-13H2,1H3,(H2,18,19,22). The molecular formula is C17H24N4O2S. The van der Waals surface area contributed by atoms with Crippen molar-refractivity contribution >= 4 is 17.4 Å². The predicted molar refractivity (Wildman–Crippen MR) is 95.1 cm³/mol. The fourth-order valence-electron chi connectivity index (χ4n) is 2.96. The number of carbonyl (C=O) groups excluding carboxylic acids is 1. The van der Waals surface area contributed by atoms with E-state index in [0.717, 1.165) is 31.2 Å². The van der Waals surface area contributed by atoms with Crippen LogP contribution in [0, 0.1) is 0 Å². The maximum absolute atomic E-state index is 12.1. The number of rotatable bonds is 6. The second-order valence-corrected chi connectivity index (χ2v) is 6.88. The number of ether oxygens (including phenoxy) is 1. The number of nitrogens with one attached hydrogen (secondary N) is 2. The molecule has 7 heteroatoms. The molecule has 130 valence electrons. The summed E-state index contributed by atoms with van der Waals surface area (Å²) < 4.78 is 7.57. The van der Waals surface area contributed by atoms with E-state index in [4.69, 9.17) is 4.74 Å². The maximum atomic E-state index is 12.1. The highest BCUT2D eigenvalue weighted by atomic mass is 32.1. The second kappa shape index (κ2) is 8.32. The van der Waals surface area contributed by atoms with E-state index < -0.39 is 0 Å². The van der Waals surface area contributed by atoms with Gasteiger partial charge in [0.05, 0.1) is 25.8 Å². The molecule has 6 nitrogen and oxygen atoms in total. The molecule has 24 heavy (non-hydrogen) atoms. The van der Waals surface area contributed by atoms with E-state index in [1.165, 1.54) is 5.69 Å². The molecule has 2 amide bonds. The van der Waals surface area contributed by atoms with Gasteiger partial charge in [-0.15, -0.1) is 11.3 Å². The quantitative estimate of drug-likeness (QED) is 0.839. The van der Waals surface area contributed by atoms with Crippen molar-refractivity contribution in [2.45, 2.75) is 12.6 Å². The fourth-order valence-corrected chi connectivity index (χ4v) is 3.61. The summed E-state index contributed by atoms with van der Waals surface area (Å²) in [6.45, 7) is 4.39. The van der Waals surface area contributed by atoms with Crippen LogP contribution in [-0.4, -0.2) is 48.3 Å². The normalized spacial score (nSPS) is 16.7. The van der Waals surface area contributed by atoms with Crippen molar-refractivity contribution in [1.82, 2.24) is 20.1 Å². The van der Waals surface area contributed by atoms with Gasteiger partial charge in [-0.3, -0.25) is 4.90 Å². The van der Waals surface area contributed by atoms with Gasteiger partial charge in [0.1, 0.15) is 0 Å². The Balaban J connectivity index is 1.57. The number of aromatic nitrogens is 1. The van der Waals surface area contributed by atoms with E-state index in [1.54, 1.807) is 11.3 Å². The lowest BCUT2D eigenvalue weighted by atomic mass is 10.1. The zero-order valence-corrected chi connectivity index (χ0v) is 14.7. The van der Waals surface area contributed by atoms with Gasteiger partial charge in [0, 0.05) is 43.4 Å². The van der Waals surface area contributed by atoms with Crippen molar-refractivity contribution in [1.29, 1.82) is 0 Å². The van der Waals surface area contributed by atoms with Crippen LogP contribution in [0.25, 0.3) is 0 Å². The summed E-state index contributed by atoms with van der Waals surface area (Å²) in [6.07, 6.45) is 2.04. The van der Waals surface area contributed by atoms with Gasteiger partial charge in [-0.1, -0.05) is 6.07 Å². The van der Waals surface area contributed by atoms with E-state index in [2.05, 4.69) is 26.2 Å². The minimum atomic E-state index is -0.129. The smallest absolute Gasteiger partial charge is 0.315 e. The van der Waals surface area contributed by atoms with Crippen LogP contribution in [0.2, 0.25) is 0 Å². The monoisotopic (exact) mass is 348 g/mol. The molecule has 0 aromatic carbocycles. The van der Waals surface area contributed by atoms with Crippen LogP contribution in [-0.2, 0) is 18.3 Å². The van der Waals surface area contributed by atoms with Crippen LogP contribution in [0.3, 0.4) is 0 Å². The molecule has 0 bridgehead atoms. The molecule has 1 saturated heterocycles. The second-order valence-electron chi connectivity index (χ2n) is 5.85. The Hall–Kier alpha value is -1.83. The van der Waals surface area contributed by atoms with Gasteiger partial charge in [-0.2, -0.15) is 0 Å². The van der Waals surface area contributed by atoms with Crippen molar-refractivity contribution in [3.8, 4) is 0 Å². The lowest BCUT2D eigenvalue weighted by Crippen LogP contribution is -2.46. The minimum absolute atomic E-state index is 0.129. The Kier molecular flexibility index (Phi) is 5.90. The van der Waals surface area contributed by atoms with Gasteiger partial charge < -0.3 is 19.9 Å². The lowest BCUT2D eigenvalue weighted by Gasteiger charge is -2.34. The molecular weight excluding hydrogens is 324 g/mol. The van der Waals surface area contributed by atoms with E-state index in [1.807, 2.05) is 36.8 Å². The number of hydrogen-bond acceptors (Lipinski definition) is 4. The largest absolute Gasteiger partial charge is 0.379 e. The Morgan fingerprint density at radius 2 is 2.12 bits per heavy atom. The van der Waals surface area contributed by atoms with E-state index in [-0.39, 0.29) is 12.1 Å². The van der Waals surface area contributed by atoms with Gasteiger partial charge in [0.25, 0.3) is 0 Å². The zero-order chi connectivity index (χ0) is 16.8. The number of morpholine rings is 1. The van der Waals surface area contributed by atoms with Crippen LogP contribution in [0.15, 0.2) is 35.8 Å². The number of amides is 2. The molecule has 3 heterocycles. The Morgan fingerprint density at radius 3 is 2.79 bits per heavy atom. The van der Waals surface area contributed by atoms with Crippen molar-refractivity contribution in [2.24, 2.45) is 7.05 Å². The first-order valence-electron chi connectivity index (χ1n) is 8.21. The van der Waals surface area contributed by atoms with E-state index in [9.17, 15) is 4.79 Å². The third-order valence-corrected chi connectivity index (χ3v) is 5.15. The topological polar surface area (TPSA) is 58.5 Å². The first-order valence-corrected chi connectivity index (χ1v) is 9.09. The summed E-state index contributed by atoms with van der Waals surface area (Å²) in [5.74, 6) is 0. The molecule has 2 N–H and O–H groups in total. The van der Waals surface area contributed by atoms with Crippen molar-refractivity contribution in [2.75, 3.05) is 32.8 Å². The van der Waals surface area contributed by atoms with Crippen LogP contribution in [0.1, 0.15) is 16.6 Å². The van der Waals surface area contributed by atoms with Gasteiger partial charge >= 0.3 is 6.03 Å². The maximum Gasteiger partial charge on any atom is 0.315 e. The van der Waals surface area contributed by atoms with Crippen LogP contribution in [0.5, 0.6) is 0 Å². The van der Waals surface area contributed by atoms with E-state index >= 15 is 0 Å². The molecule has 1 fully saturated rings. The highest BCUT2D eigenvalue weighted by Crippen LogP contribution is 2.21. The van der Waals surface area contributed by atoms with Crippen LogP contribution < -0.4 is 10.6 Å². The van der Waals surface area contributed by atoms with Crippen molar-refractivity contribution in [3.63, 3.8) is 0 Å². The molecule has 3 rings (SSSR count). The summed E-state index contributed by atoms with van der Waals surface area (Å²) in [4.78, 5) is 15.6. The molecule has 1 aliphatic heterocycles. The number of urea groups is 1. The van der Waals surface area contributed by atoms with Crippen molar-refractivity contribution in [3.05, 3.63) is 46.4 Å². The molecule has 2 aromatic heterocycles. The molecule has 0 spiro atoms. The summed E-state index contributed by atoms with van der Waals surface area (Å²) in [7, 11) is 2.04. The molecule has 2 aromatic rings.